The van der Waals surface area contributed by atoms with E-state index in [2.05, 4.69) is 10.3 Å². The predicted octanol–water partition coefficient (Wildman–Crippen LogP) is 4.56. The Hall–Kier alpha value is -4.27. The van der Waals surface area contributed by atoms with Crippen LogP contribution >= 0.6 is 0 Å². The molecule has 150 valence electrons. The lowest BCUT2D eigenvalue weighted by Crippen LogP contribution is -2.20. The highest BCUT2D eigenvalue weighted by molar-refractivity contribution is 5.94. The summed E-state index contributed by atoms with van der Waals surface area (Å²) in [6.45, 7) is -0.275. The molecule has 4 aromatic rings. The van der Waals surface area contributed by atoms with E-state index in [4.69, 9.17) is 9.15 Å². The average Bonchev–Trinajstić information content (AvgIpc) is 3.16. The van der Waals surface area contributed by atoms with Crippen molar-refractivity contribution in [3.63, 3.8) is 0 Å². The van der Waals surface area contributed by atoms with Crippen molar-refractivity contribution in [1.82, 2.24) is 4.98 Å². The van der Waals surface area contributed by atoms with E-state index in [1.54, 1.807) is 30.3 Å². The van der Waals surface area contributed by atoms with E-state index in [1.165, 1.54) is 36.4 Å². The number of benzene rings is 3. The number of rotatable bonds is 6. The first kappa shape index (κ1) is 19.1. The first-order valence-corrected chi connectivity index (χ1v) is 8.81. The number of nitro groups is 1. The Morgan fingerprint density at radius 3 is 2.67 bits per heavy atom. The molecular formula is C21H14FN3O5. The maximum absolute atomic E-state index is 13.4. The zero-order valence-corrected chi connectivity index (χ0v) is 15.4. The SMILES string of the molecule is O=C(COc1ccc([N+](=O)[O-])cc1)Nc1ccc2oc(-c3cccc(F)c3)nc2c1. The topological polar surface area (TPSA) is 108 Å². The monoisotopic (exact) mass is 407 g/mol. The molecule has 9 heteroatoms. The summed E-state index contributed by atoms with van der Waals surface area (Å²) < 4.78 is 24.4. The fourth-order valence-corrected chi connectivity index (χ4v) is 2.76. The van der Waals surface area contributed by atoms with Gasteiger partial charge in [-0.25, -0.2) is 9.37 Å². The molecule has 30 heavy (non-hydrogen) atoms. The Balaban J connectivity index is 1.42. The summed E-state index contributed by atoms with van der Waals surface area (Å²) in [7, 11) is 0. The molecule has 0 saturated carbocycles. The molecule has 0 unspecified atom stereocenters. The van der Waals surface area contributed by atoms with Crippen LogP contribution in [0.2, 0.25) is 0 Å². The molecule has 0 aliphatic carbocycles. The number of non-ortho nitro benzene ring substituents is 1. The number of carbonyl (C=O) groups is 1. The average molecular weight is 407 g/mol. The molecule has 3 aromatic carbocycles. The number of ether oxygens (including phenoxy) is 1. The van der Waals surface area contributed by atoms with Crippen molar-refractivity contribution in [3.05, 3.63) is 82.7 Å². The summed E-state index contributed by atoms with van der Waals surface area (Å²) in [5, 5.41) is 13.3. The number of fused-ring (bicyclic) bond motifs is 1. The van der Waals surface area contributed by atoms with Gasteiger partial charge in [0, 0.05) is 23.4 Å². The van der Waals surface area contributed by atoms with Crippen LogP contribution in [0.4, 0.5) is 15.8 Å². The second-order valence-electron chi connectivity index (χ2n) is 6.30. The lowest BCUT2D eigenvalue weighted by atomic mass is 10.2. The van der Waals surface area contributed by atoms with E-state index in [-0.39, 0.29) is 18.2 Å². The van der Waals surface area contributed by atoms with Crippen molar-refractivity contribution < 1.29 is 23.3 Å². The largest absolute Gasteiger partial charge is 0.484 e. The molecule has 4 rings (SSSR count). The summed E-state index contributed by atoms with van der Waals surface area (Å²) in [4.78, 5) is 26.6. The number of halogens is 1. The summed E-state index contributed by atoms with van der Waals surface area (Å²) in [6.07, 6.45) is 0. The molecule has 0 saturated heterocycles. The predicted molar refractivity (Wildman–Crippen MR) is 107 cm³/mol. The van der Waals surface area contributed by atoms with Gasteiger partial charge in [0.1, 0.15) is 17.1 Å². The van der Waals surface area contributed by atoms with Gasteiger partial charge in [0.2, 0.25) is 5.89 Å². The number of hydrogen-bond donors (Lipinski definition) is 1. The minimum atomic E-state index is -0.518. The number of oxazole rings is 1. The van der Waals surface area contributed by atoms with Gasteiger partial charge in [-0.15, -0.1) is 0 Å². The highest BCUT2D eigenvalue weighted by Crippen LogP contribution is 2.26. The lowest BCUT2D eigenvalue weighted by molar-refractivity contribution is -0.384. The van der Waals surface area contributed by atoms with E-state index < -0.39 is 16.6 Å². The zero-order chi connectivity index (χ0) is 21.1. The van der Waals surface area contributed by atoms with Crippen molar-refractivity contribution in [2.75, 3.05) is 11.9 Å². The summed E-state index contributed by atoms with van der Waals surface area (Å²) in [5.41, 5.74) is 1.93. The van der Waals surface area contributed by atoms with Gasteiger partial charge in [-0.3, -0.25) is 14.9 Å². The van der Waals surface area contributed by atoms with Crippen LogP contribution in [0.3, 0.4) is 0 Å². The third-order valence-electron chi connectivity index (χ3n) is 4.16. The minimum Gasteiger partial charge on any atom is -0.484 e. The van der Waals surface area contributed by atoms with Crippen LogP contribution in [0.15, 0.2) is 71.1 Å². The summed E-state index contributed by atoms with van der Waals surface area (Å²) >= 11 is 0. The normalized spacial score (nSPS) is 10.7. The van der Waals surface area contributed by atoms with E-state index >= 15 is 0 Å². The quantitative estimate of drug-likeness (QED) is 0.371. The fourth-order valence-electron chi connectivity index (χ4n) is 2.76. The van der Waals surface area contributed by atoms with Gasteiger partial charge in [-0.05, 0) is 48.5 Å². The minimum absolute atomic E-state index is 0.0645. The molecule has 0 aliphatic rings. The highest BCUT2D eigenvalue weighted by Gasteiger charge is 2.11. The number of hydrogen-bond acceptors (Lipinski definition) is 6. The third-order valence-corrected chi connectivity index (χ3v) is 4.16. The number of nitrogens with one attached hydrogen (secondary N) is 1. The molecule has 0 spiro atoms. The Morgan fingerprint density at radius 2 is 1.93 bits per heavy atom. The van der Waals surface area contributed by atoms with Gasteiger partial charge in [0.05, 0.1) is 4.92 Å². The molecular weight excluding hydrogens is 393 g/mol. The van der Waals surface area contributed by atoms with Crippen molar-refractivity contribution >= 4 is 28.4 Å². The molecule has 0 fully saturated rings. The molecule has 1 aromatic heterocycles. The number of amides is 1. The number of anilines is 1. The van der Waals surface area contributed by atoms with E-state index in [0.29, 0.717) is 28.1 Å². The molecule has 1 N–H and O–H groups in total. The van der Waals surface area contributed by atoms with Crippen LogP contribution in [0.5, 0.6) is 5.75 Å². The Bertz CT molecular complexity index is 1240. The first-order chi connectivity index (χ1) is 14.5. The second-order valence-corrected chi connectivity index (χ2v) is 6.30. The van der Waals surface area contributed by atoms with Crippen molar-refractivity contribution in [2.45, 2.75) is 0 Å². The van der Waals surface area contributed by atoms with Crippen molar-refractivity contribution in [3.8, 4) is 17.2 Å². The van der Waals surface area contributed by atoms with Gasteiger partial charge < -0.3 is 14.5 Å². The van der Waals surface area contributed by atoms with E-state index in [1.807, 2.05) is 0 Å². The van der Waals surface area contributed by atoms with E-state index in [9.17, 15) is 19.3 Å². The Kier molecular flexibility index (Phi) is 5.08. The maximum Gasteiger partial charge on any atom is 0.269 e. The van der Waals surface area contributed by atoms with Gasteiger partial charge in [-0.2, -0.15) is 0 Å². The van der Waals surface area contributed by atoms with Gasteiger partial charge in [0.15, 0.2) is 12.2 Å². The molecule has 1 amide bonds. The smallest absolute Gasteiger partial charge is 0.269 e. The summed E-state index contributed by atoms with van der Waals surface area (Å²) in [5.74, 6) is -0.200. The zero-order valence-electron chi connectivity index (χ0n) is 15.4. The molecule has 0 bridgehead atoms. The van der Waals surface area contributed by atoms with Crippen LogP contribution in [-0.2, 0) is 4.79 Å². The standard InChI is InChI=1S/C21H14FN3O5/c22-14-3-1-2-13(10-14)21-24-18-11-15(4-9-19(18)30-21)23-20(26)12-29-17-7-5-16(6-8-17)25(27)28/h1-11H,12H2,(H,23,26). The highest BCUT2D eigenvalue weighted by atomic mass is 19.1. The third kappa shape index (κ3) is 4.25. The van der Waals surface area contributed by atoms with Crippen molar-refractivity contribution in [2.24, 2.45) is 0 Å². The van der Waals surface area contributed by atoms with Gasteiger partial charge in [0.25, 0.3) is 11.6 Å². The summed E-state index contributed by atoms with van der Waals surface area (Å²) in [6, 6.07) is 16.3. The Labute approximate surface area is 169 Å². The fraction of sp³-hybridized carbons (Fsp3) is 0.0476. The second kappa shape index (κ2) is 8.00. The van der Waals surface area contributed by atoms with Crippen molar-refractivity contribution in [1.29, 1.82) is 0 Å². The van der Waals surface area contributed by atoms with Crippen LogP contribution in [-0.4, -0.2) is 22.4 Å². The number of carbonyl (C=O) groups excluding carboxylic acids is 1. The lowest BCUT2D eigenvalue weighted by Gasteiger charge is -2.07. The van der Waals surface area contributed by atoms with Gasteiger partial charge >= 0.3 is 0 Å². The van der Waals surface area contributed by atoms with Crippen LogP contribution < -0.4 is 10.1 Å². The molecule has 8 nitrogen and oxygen atoms in total. The molecule has 0 radical (unpaired) electrons. The van der Waals surface area contributed by atoms with E-state index in [0.717, 1.165) is 0 Å². The van der Waals surface area contributed by atoms with Crippen LogP contribution in [0, 0.1) is 15.9 Å². The number of nitrogens with zero attached hydrogens (tertiary/aromatic N) is 2. The maximum atomic E-state index is 13.4. The molecule has 0 aliphatic heterocycles. The molecule has 1 heterocycles. The van der Waals surface area contributed by atoms with Crippen LogP contribution in [0.1, 0.15) is 0 Å². The molecule has 0 atom stereocenters. The van der Waals surface area contributed by atoms with Gasteiger partial charge in [-0.1, -0.05) is 6.07 Å². The van der Waals surface area contributed by atoms with Crippen LogP contribution in [0.25, 0.3) is 22.6 Å². The number of nitro benzene ring substituents is 1. The number of aromatic nitrogens is 1. The Morgan fingerprint density at radius 1 is 1.13 bits per heavy atom. The first-order valence-electron chi connectivity index (χ1n) is 8.81.